The molecule has 1 nitrogen and oxygen atoms in total. The van der Waals surface area contributed by atoms with E-state index >= 15 is 0 Å². The van der Waals surface area contributed by atoms with E-state index in [-0.39, 0.29) is 11.5 Å². The van der Waals surface area contributed by atoms with Crippen molar-refractivity contribution in [2.75, 3.05) is 5.32 Å². The predicted octanol–water partition coefficient (Wildman–Crippen LogP) is 4.09. The van der Waals surface area contributed by atoms with Crippen LogP contribution in [0.2, 0.25) is 0 Å². The normalized spacial score (nSPS) is 22.8. The number of anilines is 1. The fourth-order valence-electron chi connectivity index (χ4n) is 2.22. The van der Waals surface area contributed by atoms with Crippen LogP contribution in [0.5, 0.6) is 0 Å². The highest BCUT2D eigenvalue weighted by molar-refractivity contribution is 5.59. The van der Waals surface area contributed by atoms with Crippen LogP contribution >= 0.6 is 0 Å². The molecule has 94 valence electrons. The summed E-state index contributed by atoms with van der Waals surface area (Å²) in [5.74, 6) is 0.165. The Bertz CT molecular complexity index is 435. The molecule has 0 spiro atoms. The zero-order chi connectivity index (χ0) is 12.8. The molecule has 1 unspecified atom stereocenters. The van der Waals surface area contributed by atoms with E-state index in [1.54, 1.807) is 6.07 Å². The van der Waals surface area contributed by atoms with E-state index in [0.29, 0.717) is 17.7 Å². The summed E-state index contributed by atoms with van der Waals surface area (Å²) in [5, 5.41) is 3.20. The van der Waals surface area contributed by atoms with Crippen molar-refractivity contribution in [2.45, 2.75) is 38.9 Å². The molecule has 0 saturated heterocycles. The summed E-state index contributed by atoms with van der Waals surface area (Å²) in [6, 6.07) is 4.34. The Morgan fingerprint density at radius 2 is 1.94 bits per heavy atom. The number of hydrogen-bond acceptors (Lipinski definition) is 1. The first-order chi connectivity index (χ1) is 7.72. The van der Waals surface area contributed by atoms with Crippen LogP contribution in [-0.2, 0) is 12.6 Å². The quantitative estimate of drug-likeness (QED) is 0.723. The van der Waals surface area contributed by atoms with Gasteiger partial charge in [0, 0.05) is 11.2 Å². The van der Waals surface area contributed by atoms with Gasteiger partial charge in [-0.15, -0.1) is 0 Å². The molecule has 0 saturated carbocycles. The zero-order valence-corrected chi connectivity index (χ0v) is 10.2. The summed E-state index contributed by atoms with van der Waals surface area (Å²) in [6.45, 7) is 6.00. The molecule has 0 radical (unpaired) electrons. The molecule has 1 aromatic carbocycles. The minimum Gasteiger partial charge on any atom is -0.380 e. The minimum atomic E-state index is -4.27. The zero-order valence-electron chi connectivity index (χ0n) is 10.2. The topological polar surface area (TPSA) is 12.0 Å². The van der Waals surface area contributed by atoms with E-state index in [0.717, 1.165) is 6.07 Å². The van der Waals surface area contributed by atoms with Crippen molar-refractivity contribution >= 4 is 5.69 Å². The molecule has 0 amide bonds. The number of nitrogens with one attached hydrogen (secondary N) is 1. The van der Waals surface area contributed by atoms with Gasteiger partial charge in [0.05, 0.1) is 5.56 Å². The van der Waals surface area contributed by atoms with Gasteiger partial charge in [-0.25, -0.2) is 0 Å². The lowest BCUT2D eigenvalue weighted by Gasteiger charge is -2.40. The monoisotopic (exact) mass is 243 g/mol. The van der Waals surface area contributed by atoms with Gasteiger partial charge in [-0.1, -0.05) is 13.0 Å². The second-order valence-electron chi connectivity index (χ2n) is 5.28. The fraction of sp³-hybridized carbons (Fsp3) is 0.538. The molecule has 1 heterocycles. The number of halogens is 3. The summed E-state index contributed by atoms with van der Waals surface area (Å²) in [7, 11) is 0. The van der Waals surface area contributed by atoms with Gasteiger partial charge in [0.15, 0.2) is 0 Å². The Balaban J connectivity index is 2.51. The average Bonchev–Trinajstić information content (AvgIpc) is 2.16. The van der Waals surface area contributed by atoms with Crippen LogP contribution in [0.25, 0.3) is 0 Å². The molecule has 0 fully saturated rings. The van der Waals surface area contributed by atoms with Gasteiger partial charge in [-0.3, -0.25) is 0 Å². The maximum Gasteiger partial charge on any atom is 0.416 e. The van der Waals surface area contributed by atoms with Gasteiger partial charge < -0.3 is 5.32 Å². The fourth-order valence-corrected chi connectivity index (χ4v) is 2.22. The molecule has 17 heavy (non-hydrogen) atoms. The molecule has 1 N–H and O–H groups in total. The van der Waals surface area contributed by atoms with Gasteiger partial charge in [0.1, 0.15) is 0 Å². The van der Waals surface area contributed by atoms with Gasteiger partial charge in [0.25, 0.3) is 0 Å². The van der Waals surface area contributed by atoms with E-state index < -0.39 is 11.7 Å². The second kappa shape index (κ2) is 3.65. The number of hydrogen-bond donors (Lipinski definition) is 1. The average molecular weight is 243 g/mol. The first-order valence-electron chi connectivity index (χ1n) is 5.69. The molecular weight excluding hydrogens is 227 g/mol. The maximum atomic E-state index is 12.9. The molecule has 0 aromatic heterocycles. The summed E-state index contributed by atoms with van der Waals surface area (Å²) in [4.78, 5) is 0. The van der Waals surface area contributed by atoms with Crippen molar-refractivity contribution in [2.24, 2.45) is 5.92 Å². The molecular formula is C13H16F3N. The van der Waals surface area contributed by atoms with Crippen LogP contribution in [0.15, 0.2) is 18.2 Å². The van der Waals surface area contributed by atoms with Gasteiger partial charge in [0.2, 0.25) is 0 Å². The van der Waals surface area contributed by atoms with Gasteiger partial charge in [-0.05, 0) is 43.9 Å². The largest absolute Gasteiger partial charge is 0.416 e. The SMILES string of the molecule is CC1Cc2c(cccc2C(F)(F)F)NC1(C)C. The van der Waals surface area contributed by atoms with E-state index in [1.165, 1.54) is 6.07 Å². The molecule has 1 aliphatic heterocycles. The van der Waals surface area contributed by atoms with E-state index in [9.17, 15) is 13.2 Å². The summed E-state index contributed by atoms with van der Waals surface area (Å²) in [5.41, 5.74) is 0.330. The predicted molar refractivity (Wildman–Crippen MR) is 62.0 cm³/mol. The summed E-state index contributed by atoms with van der Waals surface area (Å²) in [6.07, 6.45) is -3.81. The lowest BCUT2D eigenvalue weighted by Crippen LogP contribution is -2.43. The number of alkyl halides is 3. The van der Waals surface area contributed by atoms with Crippen LogP contribution in [0, 0.1) is 5.92 Å². The van der Waals surface area contributed by atoms with Crippen molar-refractivity contribution in [3.63, 3.8) is 0 Å². The van der Waals surface area contributed by atoms with Crippen molar-refractivity contribution < 1.29 is 13.2 Å². The molecule has 4 heteroatoms. The summed E-state index contributed by atoms with van der Waals surface area (Å²) < 4.78 is 38.6. The third-order valence-electron chi connectivity index (χ3n) is 3.68. The molecule has 1 aliphatic rings. The van der Waals surface area contributed by atoms with Crippen LogP contribution in [0.3, 0.4) is 0 Å². The Labute approximate surface area is 99.0 Å². The Kier molecular flexibility index (Phi) is 2.64. The minimum absolute atomic E-state index is 0.165. The van der Waals surface area contributed by atoms with Crippen LogP contribution < -0.4 is 5.32 Å². The number of benzene rings is 1. The van der Waals surface area contributed by atoms with Crippen molar-refractivity contribution in [3.8, 4) is 0 Å². The van der Waals surface area contributed by atoms with E-state index in [2.05, 4.69) is 5.32 Å². The van der Waals surface area contributed by atoms with Crippen molar-refractivity contribution in [3.05, 3.63) is 29.3 Å². The lowest BCUT2D eigenvalue weighted by atomic mass is 9.78. The number of rotatable bonds is 0. The third kappa shape index (κ3) is 2.13. The van der Waals surface area contributed by atoms with Gasteiger partial charge in [-0.2, -0.15) is 13.2 Å². The first kappa shape index (κ1) is 12.3. The standard InChI is InChI=1S/C13H16F3N/c1-8-7-9-10(13(14,15)16)5-4-6-11(9)17-12(8,2)3/h4-6,8,17H,7H2,1-3H3. The maximum absolute atomic E-state index is 12.9. The molecule has 1 aromatic rings. The van der Waals surface area contributed by atoms with E-state index in [4.69, 9.17) is 0 Å². The Morgan fingerprint density at radius 1 is 1.29 bits per heavy atom. The van der Waals surface area contributed by atoms with E-state index in [1.807, 2.05) is 20.8 Å². The molecule has 1 atom stereocenters. The third-order valence-corrected chi connectivity index (χ3v) is 3.68. The van der Waals surface area contributed by atoms with Crippen molar-refractivity contribution in [1.82, 2.24) is 0 Å². The Hall–Kier alpha value is -1.19. The highest BCUT2D eigenvalue weighted by atomic mass is 19.4. The highest BCUT2D eigenvalue weighted by Crippen LogP contribution is 2.41. The van der Waals surface area contributed by atoms with Crippen LogP contribution in [-0.4, -0.2) is 5.54 Å². The molecule has 0 aliphatic carbocycles. The Morgan fingerprint density at radius 3 is 2.53 bits per heavy atom. The number of fused-ring (bicyclic) bond motifs is 1. The highest BCUT2D eigenvalue weighted by Gasteiger charge is 2.39. The summed E-state index contributed by atoms with van der Waals surface area (Å²) >= 11 is 0. The molecule has 2 rings (SSSR count). The first-order valence-corrected chi connectivity index (χ1v) is 5.69. The van der Waals surface area contributed by atoms with Crippen LogP contribution in [0.4, 0.5) is 18.9 Å². The van der Waals surface area contributed by atoms with Gasteiger partial charge >= 0.3 is 6.18 Å². The van der Waals surface area contributed by atoms with Crippen molar-refractivity contribution in [1.29, 1.82) is 0 Å². The lowest BCUT2D eigenvalue weighted by molar-refractivity contribution is -0.138. The second-order valence-corrected chi connectivity index (χ2v) is 5.28. The smallest absolute Gasteiger partial charge is 0.380 e. The molecule has 0 bridgehead atoms. The van der Waals surface area contributed by atoms with Crippen LogP contribution in [0.1, 0.15) is 31.9 Å².